The fourth-order valence-corrected chi connectivity index (χ4v) is 1.32. The van der Waals surface area contributed by atoms with Crippen molar-refractivity contribution in [3.05, 3.63) is 33.0 Å². The van der Waals surface area contributed by atoms with Crippen molar-refractivity contribution in [3.8, 4) is 0 Å². The van der Waals surface area contributed by atoms with Crippen molar-refractivity contribution in [1.29, 1.82) is 0 Å². The van der Waals surface area contributed by atoms with E-state index in [2.05, 4.69) is 15.9 Å². The van der Waals surface area contributed by atoms with Gasteiger partial charge in [0.1, 0.15) is 5.82 Å². The van der Waals surface area contributed by atoms with Gasteiger partial charge in [0.2, 0.25) is 0 Å². The second-order valence-electron chi connectivity index (χ2n) is 2.23. The van der Waals surface area contributed by atoms with Gasteiger partial charge < -0.3 is 0 Å². The molecule has 0 aliphatic carbocycles. The fourth-order valence-electron chi connectivity index (χ4n) is 0.770. The first-order valence-corrected chi connectivity index (χ1v) is 4.39. The smallest absolute Gasteiger partial charge is 0.265 e. The molecule has 0 aliphatic heterocycles. The minimum atomic E-state index is -0.672. The van der Waals surface area contributed by atoms with E-state index in [0.717, 1.165) is 6.07 Å². The summed E-state index contributed by atoms with van der Waals surface area (Å²) in [6.45, 7) is 0. The first-order valence-electron chi connectivity index (χ1n) is 3.21. The van der Waals surface area contributed by atoms with Gasteiger partial charge in [-0.1, -0.05) is 11.6 Å². The van der Waals surface area contributed by atoms with Crippen molar-refractivity contribution in [2.75, 3.05) is 0 Å². The molecule has 1 aromatic carbocycles. The van der Waals surface area contributed by atoms with E-state index in [1.807, 2.05) is 5.43 Å². The zero-order valence-corrected chi connectivity index (χ0v) is 8.62. The largest absolute Gasteiger partial charge is 0.290 e. The normalized spacial score (nSPS) is 9.85. The Morgan fingerprint density at radius 2 is 2.23 bits per heavy atom. The van der Waals surface area contributed by atoms with Gasteiger partial charge in [-0.05, 0) is 28.1 Å². The summed E-state index contributed by atoms with van der Waals surface area (Å²) in [6.07, 6.45) is 0. The molecular formula is C7H5BrClFN2O. The standard InChI is InChI=1S/C7H5BrClFN2O/c8-4-1-3(7(13)12-11)2-5(10)6(4)9/h1-2H,11H2,(H,12,13). The second-order valence-corrected chi connectivity index (χ2v) is 3.46. The molecule has 13 heavy (non-hydrogen) atoms. The van der Waals surface area contributed by atoms with Crippen LogP contribution in [0.15, 0.2) is 16.6 Å². The van der Waals surface area contributed by atoms with Crippen molar-refractivity contribution in [3.63, 3.8) is 0 Å². The van der Waals surface area contributed by atoms with Crippen LogP contribution in [0.4, 0.5) is 4.39 Å². The van der Waals surface area contributed by atoms with Gasteiger partial charge in [0.05, 0.1) is 5.02 Å². The summed E-state index contributed by atoms with van der Waals surface area (Å²) >= 11 is 8.51. The Balaban J connectivity index is 3.20. The van der Waals surface area contributed by atoms with E-state index in [-0.39, 0.29) is 10.6 Å². The lowest BCUT2D eigenvalue weighted by atomic mass is 10.2. The highest BCUT2D eigenvalue weighted by Gasteiger charge is 2.10. The molecule has 0 spiro atoms. The molecule has 3 N–H and O–H groups in total. The first kappa shape index (κ1) is 10.4. The number of amides is 1. The molecule has 3 nitrogen and oxygen atoms in total. The van der Waals surface area contributed by atoms with Crippen LogP contribution in [0.2, 0.25) is 5.02 Å². The molecule has 1 amide bonds. The monoisotopic (exact) mass is 266 g/mol. The number of carbonyl (C=O) groups excluding carboxylic acids is 1. The number of hydrazine groups is 1. The third-order valence-electron chi connectivity index (χ3n) is 1.38. The van der Waals surface area contributed by atoms with Gasteiger partial charge in [-0.15, -0.1) is 0 Å². The SMILES string of the molecule is NNC(=O)c1cc(F)c(Cl)c(Br)c1. The van der Waals surface area contributed by atoms with E-state index >= 15 is 0 Å². The Hall–Kier alpha value is -0.650. The summed E-state index contributed by atoms with van der Waals surface area (Å²) in [5, 5.41) is -0.0615. The fraction of sp³-hybridized carbons (Fsp3) is 0. The lowest BCUT2D eigenvalue weighted by Crippen LogP contribution is -2.30. The molecule has 0 fully saturated rings. The zero-order chi connectivity index (χ0) is 10.0. The minimum Gasteiger partial charge on any atom is -0.290 e. The van der Waals surface area contributed by atoms with Crippen molar-refractivity contribution < 1.29 is 9.18 Å². The molecule has 0 aromatic heterocycles. The highest BCUT2D eigenvalue weighted by Crippen LogP contribution is 2.26. The second kappa shape index (κ2) is 4.04. The molecule has 0 radical (unpaired) electrons. The van der Waals surface area contributed by atoms with Gasteiger partial charge >= 0.3 is 0 Å². The van der Waals surface area contributed by atoms with Crippen molar-refractivity contribution in [2.45, 2.75) is 0 Å². The zero-order valence-electron chi connectivity index (χ0n) is 6.27. The molecule has 1 rings (SSSR count). The molecule has 0 bridgehead atoms. The minimum absolute atomic E-state index is 0.0615. The number of hydrogen-bond acceptors (Lipinski definition) is 2. The van der Waals surface area contributed by atoms with Gasteiger partial charge in [0.15, 0.2) is 0 Å². The number of nitrogens with one attached hydrogen (secondary N) is 1. The van der Waals surface area contributed by atoms with Crippen LogP contribution in [0.1, 0.15) is 10.4 Å². The molecule has 0 saturated carbocycles. The number of carbonyl (C=O) groups is 1. The summed E-state index contributed by atoms with van der Waals surface area (Å²) < 4.78 is 13.3. The summed E-state index contributed by atoms with van der Waals surface area (Å²) in [5.41, 5.74) is 1.99. The van der Waals surface area contributed by atoms with E-state index in [9.17, 15) is 9.18 Å². The third kappa shape index (κ3) is 2.18. The van der Waals surface area contributed by atoms with Crippen LogP contribution in [0.3, 0.4) is 0 Å². The van der Waals surface area contributed by atoms with Gasteiger partial charge in [-0.3, -0.25) is 10.2 Å². The quantitative estimate of drug-likeness (QED) is 0.353. The maximum atomic E-state index is 13.0. The Labute approximate surface area is 87.2 Å². The van der Waals surface area contributed by atoms with E-state index < -0.39 is 11.7 Å². The van der Waals surface area contributed by atoms with Gasteiger partial charge in [-0.25, -0.2) is 10.2 Å². The number of halogens is 3. The topological polar surface area (TPSA) is 55.1 Å². The summed E-state index contributed by atoms with van der Waals surface area (Å²) in [4.78, 5) is 11.0. The number of rotatable bonds is 1. The van der Waals surface area contributed by atoms with Gasteiger partial charge in [0, 0.05) is 10.0 Å². The number of nitrogens with two attached hydrogens (primary N) is 1. The van der Waals surface area contributed by atoms with E-state index in [0.29, 0.717) is 4.47 Å². The molecule has 6 heteroatoms. The predicted octanol–water partition coefficient (Wildman–Crippen LogP) is 1.85. The van der Waals surface area contributed by atoms with Crippen LogP contribution >= 0.6 is 27.5 Å². The Kier molecular flexibility index (Phi) is 3.24. The predicted molar refractivity (Wildman–Crippen MR) is 50.8 cm³/mol. The maximum Gasteiger partial charge on any atom is 0.265 e. The third-order valence-corrected chi connectivity index (χ3v) is 2.61. The Morgan fingerprint density at radius 3 is 2.69 bits per heavy atom. The lowest BCUT2D eigenvalue weighted by Gasteiger charge is -2.02. The van der Waals surface area contributed by atoms with E-state index in [1.165, 1.54) is 6.07 Å². The highest BCUT2D eigenvalue weighted by atomic mass is 79.9. The average molecular weight is 267 g/mol. The van der Waals surface area contributed by atoms with E-state index in [4.69, 9.17) is 17.4 Å². The van der Waals surface area contributed by atoms with Crippen LogP contribution < -0.4 is 11.3 Å². The molecule has 0 unspecified atom stereocenters. The number of hydrogen-bond donors (Lipinski definition) is 2. The number of benzene rings is 1. The Morgan fingerprint density at radius 1 is 1.62 bits per heavy atom. The van der Waals surface area contributed by atoms with Crippen molar-refractivity contribution in [1.82, 2.24) is 5.43 Å². The van der Waals surface area contributed by atoms with Crippen molar-refractivity contribution in [2.24, 2.45) is 5.84 Å². The maximum absolute atomic E-state index is 13.0. The summed E-state index contributed by atoms with van der Waals surface area (Å²) in [5.74, 6) is 3.63. The van der Waals surface area contributed by atoms with E-state index in [1.54, 1.807) is 0 Å². The molecule has 0 aliphatic rings. The highest BCUT2D eigenvalue weighted by molar-refractivity contribution is 9.10. The van der Waals surface area contributed by atoms with Crippen molar-refractivity contribution >= 4 is 33.4 Å². The van der Waals surface area contributed by atoms with Crippen LogP contribution in [-0.2, 0) is 0 Å². The summed E-state index contributed by atoms with van der Waals surface area (Å²) in [7, 11) is 0. The molecule has 1 aromatic rings. The molecule has 0 heterocycles. The van der Waals surface area contributed by atoms with Crippen LogP contribution in [0, 0.1) is 5.82 Å². The van der Waals surface area contributed by atoms with Gasteiger partial charge in [-0.2, -0.15) is 0 Å². The molecule has 0 atom stereocenters. The molecule has 0 saturated heterocycles. The Bertz CT molecular complexity index is 335. The lowest BCUT2D eigenvalue weighted by molar-refractivity contribution is 0.0953. The van der Waals surface area contributed by atoms with Crippen LogP contribution in [0.25, 0.3) is 0 Å². The first-order chi connectivity index (χ1) is 6.06. The number of nitrogen functional groups attached to an aromatic ring is 1. The average Bonchev–Trinajstić information content (AvgIpc) is 2.12. The summed E-state index contributed by atoms with van der Waals surface area (Å²) in [6, 6.07) is 2.39. The van der Waals surface area contributed by atoms with Crippen LogP contribution in [-0.4, -0.2) is 5.91 Å². The van der Waals surface area contributed by atoms with Crippen LogP contribution in [0.5, 0.6) is 0 Å². The molecular weight excluding hydrogens is 262 g/mol. The molecule has 70 valence electrons. The van der Waals surface area contributed by atoms with Gasteiger partial charge in [0.25, 0.3) is 5.91 Å².